The number of rotatable bonds is 6. The molecule has 4 aromatic rings. The number of halogens is 1. The molecule has 0 saturated heterocycles. The van der Waals surface area contributed by atoms with Crippen LogP contribution in [-0.4, -0.2) is 41.3 Å². The van der Waals surface area contributed by atoms with E-state index in [1.807, 2.05) is 13.8 Å². The number of hydrogen-bond donors (Lipinski definition) is 2. The van der Waals surface area contributed by atoms with Gasteiger partial charge in [-0.2, -0.15) is 4.68 Å². The molecule has 0 aliphatic rings. The van der Waals surface area contributed by atoms with Crippen LogP contribution in [0.25, 0.3) is 15.9 Å². The van der Waals surface area contributed by atoms with Crippen molar-refractivity contribution in [3.8, 4) is 5.69 Å². The Morgan fingerprint density at radius 3 is 2.84 bits per heavy atom. The molecule has 0 bridgehead atoms. The van der Waals surface area contributed by atoms with Crippen molar-refractivity contribution in [2.75, 3.05) is 5.32 Å². The van der Waals surface area contributed by atoms with Gasteiger partial charge in [-0.3, -0.25) is 9.59 Å². The molecule has 0 radical (unpaired) electrons. The standard InChI is InChI=1S/C20H20FN7O2S2/c1-9-10(2)32-20-17(9)19(30)23-16(24-20)8-31-11(3)18(29)22-15-7-13(5-6-14(15)21)28-12(4)25-26-27-28/h5-7,11H,8H2,1-4H3,(H,22,29)(H,23,24,30). The third kappa shape index (κ3) is 4.28. The number of carbonyl (C=O) groups excluding carboxylic acids is 1. The summed E-state index contributed by atoms with van der Waals surface area (Å²) in [4.78, 5) is 34.1. The van der Waals surface area contributed by atoms with E-state index in [1.54, 1.807) is 13.8 Å². The molecule has 1 aromatic carbocycles. The summed E-state index contributed by atoms with van der Waals surface area (Å²) in [7, 11) is 0. The largest absolute Gasteiger partial charge is 0.323 e. The Morgan fingerprint density at radius 1 is 1.34 bits per heavy atom. The summed E-state index contributed by atoms with van der Waals surface area (Å²) in [5.74, 6) is 0.432. The lowest BCUT2D eigenvalue weighted by Crippen LogP contribution is -2.23. The van der Waals surface area contributed by atoms with E-state index >= 15 is 0 Å². The fraction of sp³-hybridized carbons (Fsp3) is 0.300. The summed E-state index contributed by atoms with van der Waals surface area (Å²) >= 11 is 2.77. The second-order valence-corrected chi connectivity index (χ2v) is 9.75. The topological polar surface area (TPSA) is 118 Å². The molecule has 166 valence electrons. The number of hydrogen-bond acceptors (Lipinski definition) is 8. The fourth-order valence-electron chi connectivity index (χ4n) is 3.09. The number of aromatic nitrogens is 6. The first kappa shape index (κ1) is 22.1. The Morgan fingerprint density at radius 2 is 2.12 bits per heavy atom. The average molecular weight is 474 g/mol. The van der Waals surface area contributed by atoms with Crippen LogP contribution in [0.1, 0.15) is 29.0 Å². The molecule has 3 heterocycles. The fourth-order valence-corrected chi connectivity index (χ4v) is 4.90. The predicted octanol–water partition coefficient (Wildman–Crippen LogP) is 3.29. The Balaban J connectivity index is 1.45. The minimum Gasteiger partial charge on any atom is -0.323 e. The van der Waals surface area contributed by atoms with Crippen molar-refractivity contribution in [1.29, 1.82) is 0 Å². The molecule has 0 saturated carbocycles. The van der Waals surface area contributed by atoms with E-state index in [9.17, 15) is 14.0 Å². The van der Waals surface area contributed by atoms with Crippen LogP contribution in [0.2, 0.25) is 0 Å². The predicted molar refractivity (Wildman–Crippen MR) is 123 cm³/mol. The molecule has 1 unspecified atom stereocenters. The first-order valence-corrected chi connectivity index (χ1v) is 11.6. The number of nitrogens with one attached hydrogen (secondary N) is 2. The van der Waals surface area contributed by atoms with E-state index in [-0.39, 0.29) is 17.2 Å². The molecule has 0 aliphatic heterocycles. The first-order chi connectivity index (χ1) is 15.2. The van der Waals surface area contributed by atoms with E-state index in [4.69, 9.17) is 0 Å². The Kier molecular flexibility index (Phi) is 6.07. The number of benzene rings is 1. The summed E-state index contributed by atoms with van der Waals surface area (Å²) in [6.07, 6.45) is 0. The Bertz CT molecular complexity index is 1380. The number of tetrazole rings is 1. The zero-order valence-electron chi connectivity index (χ0n) is 17.8. The highest BCUT2D eigenvalue weighted by atomic mass is 32.2. The van der Waals surface area contributed by atoms with Gasteiger partial charge in [0.1, 0.15) is 16.5 Å². The molecule has 0 fully saturated rings. The van der Waals surface area contributed by atoms with Crippen LogP contribution in [-0.2, 0) is 10.5 Å². The molecule has 3 aromatic heterocycles. The molecular weight excluding hydrogens is 453 g/mol. The molecule has 2 N–H and O–H groups in total. The zero-order valence-corrected chi connectivity index (χ0v) is 19.4. The van der Waals surface area contributed by atoms with Crippen LogP contribution in [0.3, 0.4) is 0 Å². The molecule has 0 aliphatic carbocycles. The van der Waals surface area contributed by atoms with Crippen molar-refractivity contribution in [3.63, 3.8) is 0 Å². The Labute approximate surface area is 190 Å². The number of nitrogens with zero attached hydrogens (tertiary/aromatic N) is 5. The maximum absolute atomic E-state index is 14.3. The highest BCUT2D eigenvalue weighted by molar-refractivity contribution is 7.99. The lowest BCUT2D eigenvalue weighted by atomic mass is 10.2. The van der Waals surface area contributed by atoms with Gasteiger partial charge in [0.2, 0.25) is 5.91 Å². The third-order valence-corrected chi connectivity index (χ3v) is 7.26. The normalized spacial score (nSPS) is 12.3. The van der Waals surface area contributed by atoms with Gasteiger partial charge in [-0.05, 0) is 61.9 Å². The third-order valence-electron chi connectivity index (χ3n) is 5.01. The number of anilines is 1. The molecule has 0 spiro atoms. The number of H-pyrrole nitrogens is 1. The van der Waals surface area contributed by atoms with Crippen molar-refractivity contribution >= 4 is 44.9 Å². The van der Waals surface area contributed by atoms with Crippen molar-refractivity contribution in [2.45, 2.75) is 38.7 Å². The Hall–Kier alpha value is -3.12. The number of carbonyl (C=O) groups is 1. The van der Waals surface area contributed by atoms with Gasteiger partial charge in [0.15, 0.2) is 5.82 Å². The van der Waals surface area contributed by atoms with E-state index in [0.717, 1.165) is 10.4 Å². The number of amides is 1. The summed E-state index contributed by atoms with van der Waals surface area (Å²) in [6, 6.07) is 4.25. The van der Waals surface area contributed by atoms with Crippen LogP contribution < -0.4 is 10.9 Å². The number of fused-ring (bicyclic) bond motifs is 1. The quantitative estimate of drug-likeness (QED) is 0.441. The lowest BCUT2D eigenvalue weighted by Gasteiger charge is -2.13. The summed E-state index contributed by atoms with van der Waals surface area (Å²) < 4.78 is 15.7. The smallest absolute Gasteiger partial charge is 0.259 e. The molecule has 4 rings (SSSR count). The highest BCUT2D eigenvalue weighted by Crippen LogP contribution is 2.27. The van der Waals surface area contributed by atoms with E-state index < -0.39 is 11.1 Å². The molecule has 1 atom stereocenters. The number of thioether (sulfide) groups is 1. The summed E-state index contributed by atoms with van der Waals surface area (Å²) in [6.45, 7) is 7.29. The maximum Gasteiger partial charge on any atom is 0.259 e. The van der Waals surface area contributed by atoms with Crippen LogP contribution in [0, 0.1) is 26.6 Å². The van der Waals surface area contributed by atoms with Gasteiger partial charge >= 0.3 is 0 Å². The van der Waals surface area contributed by atoms with E-state index in [2.05, 4.69) is 30.8 Å². The molecule has 9 nitrogen and oxygen atoms in total. The molecule has 12 heteroatoms. The number of aryl methyl sites for hydroxylation is 3. The lowest BCUT2D eigenvalue weighted by molar-refractivity contribution is -0.115. The minimum absolute atomic E-state index is 0.0346. The van der Waals surface area contributed by atoms with Crippen LogP contribution in [0.5, 0.6) is 0 Å². The van der Waals surface area contributed by atoms with Crippen molar-refractivity contribution in [2.24, 2.45) is 0 Å². The monoisotopic (exact) mass is 473 g/mol. The second kappa shape index (κ2) is 8.79. The van der Waals surface area contributed by atoms with Gasteiger partial charge in [-0.25, -0.2) is 9.37 Å². The SMILES string of the molecule is Cc1sc2nc(CSC(C)C(=O)Nc3cc(-n4nnnc4C)ccc3F)[nH]c(=O)c2c1C. The molecule has 1 amide bonds. The van der Waals surface area contributed by atoms with Gasteiger partial charge < -0.3 is 10.3 Å². The summed E-state index contributed by atoms with van der Waals surface area (Å²) in [5, 5.41) is 13.9. The van der Waals surface area contributed by atoms with Crippen molar-refractivity contribution in [1.82, 2.24) is 30.2 Å². The number of thiophene rings is 1. The van der Waals surface area contributed by atoms with Gasteiger partial charge in [0.25, 0.3) is 5.56 Å². The van der Waals surface area contributed by atoms with E-state index in [1.165, 1.54) is 46.0 Å². The molecule has 32 heavy (non-hydrogen) atoms. The molecular formula is C20H20FN7O2S2. The van der Waals surface area contributed by atoms with Crippen LogP contribution >= 0.6 is 23.1 Å². The van der Waals surface area contributed by atoms with Gasteiger partial charge in [0.05, 0.1) is 27.8 Å². The van der Waals surface area contributed by atoms with Gasteiger partial charge in [-0.1, -0.05) is 0 Å². The maximum atomic E-state index is 14.3. The zero-order chi connectivity index (χ0) is 23.0. The second-order valence-electron chi connectivity index (χ2n) is 7.22. The van der Waals surface area contributed by atoms with Crippen LogP contribution in [0.4, 0.5) is 10.1 Å². The van der Waals surface area contributed by atoms with Crippen molar-refractivity contribution in [3.05, 3.63) is 56.5 Å². The van der Waals surface area contributed by atoms with Crippen LogP contribution in [0.15, 0.2) is 23.0 Å². The minimum atomic E-state index is -0.565. The van der Waals surface area contributed by atoms with Crippen molar-refractivity contribution < 1.29 is 9.18 Å². The van der Waals surface area contributed by atoms with Gasteiger partial charge in [0, 0.05) is 4.88 Å². The summed E-state index contributed by atoms with van der Waals surface area (Å²) in [5.41, 5.74) is 1.32. The average Bonchev–Trinajstić information content (AvgIpc) is 3.30. The highest BCUT2D eigenvalue weighted by Gasteiger charge is 2.18. The van der Waals surface area contributed by atoms with E-state index in [0.29, 0.717) is 33.3 Å². The van der Waals surface area contributed by atoms with Gasteiger partial charge in [-0.15, -0.1) is 28.2 Å². The first-order valence-electron chi connectivity index (χ1n) is 9.71. The number of aromatic amines is 1.